The fourth-order valence-electron chi connectivity index (χ4n) is 4.14. The molecule has 0 fully saturated rings. The van der Waals surface area contributed by atoms with Crippen molar-refractivity contribution in [3.05, 3.63) is 35.4 Å². The third-order valence-electron chi connectivity index (χ3n) is 6.17. The van der Waals surface area contributed by atoms with Crippen molar-refractivity contribution in [3.63, 3.8) is 0 Å². The van der Waals surface area contributed by atoms with Gasteiger partial charge < -0.3 is 20.3 Å². The van der Waals surface area contributed by atoms with E-state index in [1.165, 1.54) is 6.42 Å². The lowest BCUT2D eigenvalue weighted by Crippen LogP contribution is -2.52. The summed E-state index contributed by atoms with van der Waals surface area (Å²) in [4.78, 5) is 41.3. The van der Waals surface area contributed by atoms with Gasteiger partial charge in [0.1, 0.15) is 17.7 Å². The van der Waals surface area contributed by atoms with Crippen LogP contribution in [0.15, 0.2) is 24.3 Å². The first-order valence-electron chi connectivity index (χ1n) is 14.2. The van der Waals surface area contributed by atoms with Crippen LogP contribution in [-0.4, -0.2) is 47.5 Å². The van der Waals surface area contributed by atoms with Crippen LogP contribution < -0.4 is 10.6 Å². The Morgan fingerprint density at radius 2 is 1.53 bits per heavy atom. The average molecular weight is 528 g/mol. The molecule has 3 amide bonds. The highest BCUT2D eigenvalue weighted by atomic mass is 16.6. The number of amides is 3. The number of nitrogens with zero attached hydrogens (tertiary/aromatic N) is 1. The Morgan fingerprint density at radius 1 is 0.947 bits per heavy atom. The van der Waals surface area contributed by atoms with Gasteiger partial charge in [0, 0.05) is 18.7 Å². The van der Waals surface area contributed by atoms with E-state index in [1.54, 1.807) is 56.9 Å². The standard InChI is InChI=1S/C31H49N3O4/c1-8-11-13-14-15-17-23-34(29(36)24(4)33-30(37)38-31(5,6)7)27(28(35)32-22-16-12-9-2)26-20-18-25(10-3)19-21-26/h3,18-21,24,27H,8-9,11-17,22-23H2,1-2,4-7H3,(H,32,35)(H,33,37). The summed E-state index contributed by atoms with van der Waals surface area (Å²) in [5.74, 6) is 2.03. The average Bonchev–Trinajstić information content (AvgIpc) is 2.86. The van der Waals surface area contributed by atoms with E-state index < -0.39 is 23.8 Å². The molecule has 2 N–H and O–H groups in total. The fourth-order valence-corrected chi connectivity index (χ4v) is 4.14. The first kappa shape index (κ1) is 33.0. The van der Waals surface area contributed by atoms with Gasteiger partial charge >= 0.3 is 6.09 Å². The molecule has 1 aromatic rings. The van der Waals surface area contributed by atoms with E-state index >= 15 is 0 Å². The second-order valence-electron chi connectivity index (χ2n) is 10.8. The Kier molecular flexibility index (Phi) is 15.2. The number of hydrogen-bond donors (Lipinski definition) is 2. The summed E-state index contributed by atoms with van der Waals surface area (Å²) in [6, 6.07) is 5.46. The number of hydrogen-bond acceptors (Lipinski definition) is 4. The molecule has 1 rings (SSSR count). The summed E-state index contributed by atoms with van der Waals surface area (Å²) in [7, 11) is 0. The predicted molar refractivity (Wildman–Crippen MR) is 154 cm³/mol. The molecule has 0 saturated carbocycles. The Bertz CT molecular complexity index is 899. The van der Waals surface area contributed by atoms with Gasteiger partial charge in [-0.2, -0.15) is 0 Å². The number of rotatable bonds is 16. The maximum atomic E-state index is 13.8. The SMILES string of the molecule is C#Cc1ccc(C(C(=O)NCCCCC)N(CCCCCCCC)C(=O)C(C)NC(=O)OC(C)(C)C)cc1. The highest BCUT2D eigenvalue weighted by Gasteiger charge is 2.34. The van der Waals surface area contributed by atoms with E-state index in [4.69, 9.17) is 11.2 Å². The van der Waals surface area contributed by atoms with Crippen LogP contribution in [0.1, 0.15) is 116 Å². The highest BCUT2D eigenvalue weighted by molar-refractivity contribution is 5.92. The molecular weight excluding hydrogens is 478 g/mol. The second-order valence-corrected chi connectivity index (χ2v) is 10.8. The Balaban J connectivity index is 3.24. The Hall–Kier alpha value is -3.01. The Morgan fingerprint density at radius 3 is 2.11 bits per heavy atom. The molecule has 7 nitrogen and oxygen atoms in total. The molecule has 2 unspecified atom stereocenters. The summed E-state index contributed by atoms with van der Waals surface area (Å²) in [6.07, 6.45) is 14.1. The first-order valence-corrected chi connectivity index (χ1v) is 14.2. The van der Waals surface area contributed by atoms with Gasteiger partial charge in [-0.05, 0) is 58.2 Å². The lowest BCUT2D eigenvalue weighted by molar-refractivity contribution is -0.142. The molecule has 38 heavy (non-hydrogen) atoms. The van der Waals surface area contributed by atoms with Crippen molar-refractivity contribution in [2.75, 3.05) is 13.1 Å². The van der Waals surface area contributed by atoms with Crippen molar-refractivity contribution < 1.29 is 19.1 Å². The molecule has 0 heterocycles. The largest absolute Gasteiger partial charge is 0.444 e. The number of alkyl carbamates (subject to hydrolysis) is 1. The van der Waals surface area contributed by atoms with Crippen LogP contribution in [0.4, 0.5) is 4.79 Å². The molecule has 2 atom stereocenters. The molecule has 0 aliphatic rings. The molecule has 0 aliphatic heterocycles. The number of nitrogens with one attached hydrogen (secondary N) is 2. The summed E-state index contributed by atoms with van der Waals surface area (Å²) in [5.41, 5.74) is 0.690. The number of benzene rings is 1. The van der Waals surface area contributed by atoms with Crippen LogP contribution in [0.2, 0.25) is 0 Å². The van der Waals surface area contributed by atoms with E-state index in [1.807, 2.05) is 0 Å². The van der Waals surface area contributed by atoms with Crippen LogP contribution >= 0.6 is 0 Å². The maximum Gasteiger partial charge on any atom is 0.408 e. The molecule has 1 aromatic carbocycles. The van der Waals surface area contributed by atoms with Crippen LogP contribution in [0, 0.1) is 12.3 Å². The lowest BCUT2D eigenvalue weighted by Gasteiger charge is -2.34. The molecule has 0 aliphatic carbocycles. The van der Waals surface area contributed by atoms with E-state index in [2.05, 4.69) is 30.4 Å². The zero-order valence-electron chi connectivity index (χ0n) is 24.4. The fraction of sp³-hybridized carbons (Fsp3) is 0.645. The first-order chi connectivity index (χ1) is 18.0. The van der Waals surface area contributed by atoms with E-state index in [0.717, 1.165) is 51.4 Å². The summed E-state index contributed by atoms with van der Waals surface area (Å²) >= 11 is 0. The minimum absolute atomic E-state index is 0.238. The number of ether oxygens (including phenoxy) is 1. The van der Waals surface area contributed by atoms with E-state index in [0.29, 0.717) is 24.2 Å². The zero-order valence-corrected chi connectivity index (χ0v) is 24.4. The topological polar surface area (TPSA) is 87.7 Å². The predicted octanol–water partition coefficient (Wildman–Crippen LogP) is 6.12. The van der Waals surface area contributed by atoms with Crippen molar-refractivity contribution in [2.45, 2.75) is 117 Å². The van der Waals surface area contributed by atoms with Crippen molar-refractivity contribution in [1.82, 2.24) is 15.5 Å². The van der Waals surface area contributed by atoms with Gasteiger partial charge in [0.2, 0.25) is 11.8 Å². The number of unbranched alkanes of at least 4 members (excludes halogenated alkanes) is 7. The second kappa shape index (κ2) is 17.5. The van der Waals surface area contributed by atoms with E-state index in [-0.39, 0.29) is 11.8 Å². The molecule has 0 aromatic heterocycles. The number of carbonyl (C=O) groups excluding carboxylic acids is 3. The minimum Gasteiger partial charge on any atom is -0.444 e. The zero-order chi connectivity index (χ0) is 28.6. The van der Waals surface area contributed by atoms with Crippen molar-refractivity contribution in [1.29, 1.82) is 0 Å². The van der Waals surface area contributed by atoms with Gasteiger partial charge in [-0.15, -0.1) is 6.42 Å². The lowest BCUT2D eigenvalue weighted by atomic mass is 10.0. The smallest absolute Gasteiger partial charge is 0.408 e. The Labute approximate surface area is 230 Å². The van der Waals surface area contributed by atoms with Crippen LogP contribution in [0.3, 0.4) is 0 Å². The minimum atomic E-state index is -0.870. The molecule has 0 saturated heterocycles. The third-order valence-corrected chi connectivity index (χ3v) is 6.17. The third kappa shape index (κ3) is 12.5. The van der Waals surface area contributed by atoms with Gasteiger partial charge in [-0.25, -0.2) is 4.79 Å². The summed E-state index contributed by atoms with van der Waals surface area (Å²) < 4.78 is 5.35. The van der Waals surface area contributed by atoms with Gasteiger partial charge in [-0.1, -0.05) is 76.8 Å². The van der Waals surface area contributed by atoms with Crippen LogP contribution in [-0.2, 0) is 14.3 Å². The van der Waals surface area contributed by atoms with Crippen molar-refractivity contribution in [2.24, 2.45) is 0 Å². The maximum absolute atomic E-state index is 13.8. The highest BCUT2D eigenvalue weighted by Crippen LogP contribution is 2.24. The van der Waals surface area contributed by atoms with Gasteiger partial charge in [0.05, 0.1) is 0 Å². The van der Waals surface area contributed by atoms with Crippen LogP contribution in [0.25, 0.3) is 0 Å². The number of carbonyl (C=O) groups is 3. The molecule has 0 radical (unpaired) electrons. The summed E-state index contributed by atoms with van der Waals surface area (Å²) in [6.45, 7) is 12.1. The molecule has 212 valence electrons. The quantitative estimate of drug-likeness (QED) is 0.200. The number of terminal acetylenes is 1. The summed E-state index contributed by atoms with van der Waals surface area (Å²) in [5, 5.41) is 5.67. The van der Waals surface area contributed by atoms with Crippen molar-refractivity contribution >= 4 is 17.9 Å². The monoisotopic (exact) mass is 527 g/mol. The van der Waals surface area contributed by atoms with Gasteiger partial charge in [-0.3, -0.25) is 9.59 Å². The van der Waals surface area contributed by atoms with Crippen molar-refractivity contribution in [3.8, 4) is 12.3 Å². The molecular formula is C31H49N3O4. The molecule has 7 heteroatoms. The van der Waals surface area contributed by atoms with Crippen LogP contribution in [0.5, 0.6) is 0 Å². The normalized spacial score (nSPS) is 12.7. The van der Waals surface area contributed by atoms with Gasteiger partial charge in [0.25, 0.3) is 0 Å². The van der Waals surface area contributed by atoms with E-state index in [9.17, 15) is 14.4 Å². The van der Waals surface area contributed by atoms with Gasteiger partial charge in [0.15, 0.2) is 0 Å². The molecule has 0 spiro atoms. The molecule has 0 bridgehead atoms.